The summed E-state index contributed by atoms with van der Waals surface area (Å²) in [4.78, 5) is 11.8. The lowest BCUT2D eigenvalue weighted by Gasteiger charge is -2.07. The van der Waals surface area contributed by atoms with Crippen LogP contribution >= 0.6 is 0 Å². The number of aryl methyl sites for hydroxylation is 1. The summed E-state index contributed by atoms with van der Waals surface area (Å²) in [7, 11) is 0. The van der Waals surface area contributed by atoms with E-state index in [0.29, 0.717) is 6.42 Å². The van der Waals surface area contributed by atoms with E-state index in [2.05, 4.69) is 12.2 Å². The molecule has 3 N–H and O–H groups in total. The molecule has 0 unspecified atom stereocenters. The molecule has 0 fully saturated rings. The third kappa shape index (κ3) is 6.27. The number of unbranched alkanes of at least 4 members (excludes halogenated alkanes) is 5. The Morgan fingerprint density at radius 2 is 1.84 bits per heavy atom. The summed E-state index contributed by atoms with van der Waals surface area (Å²) < 4.78 is 0. The summed E-state index contributed by atoms with van der Waals surface area (Å²) in [5, 5.41) is 2.92. The molecule has 19 heavy (non-hydrogen) atoms. The van der Waals surface area contributed by atoms with Gasteiger partial charge in [0.25, 0.3) is 0 Å². The predicted octanol–water partition coefficient (Wildman–Crippen LogP) is 4.27. The van der Waals surface area contributed by atoms with E-state index in [-0.39, 0.29) is 5.91 Å². The van der Waals surface area contributed by atoms with Crippen LogP contribution in [0.15, 0.2) is 18.2 Å². The molecule has 106 valence electrons. The third-order valence-corrected chi connectivity index (χ3v) is 3.31. The van der Waals surface area contributed by atoms with Crippen molar-refractivity contribution in [3.8, 4) is 0 Å². The molecule has 0 spiro atoms. The maximum Gasteiger partial charge on any atom is 0.224 e. The van der Waals surface area contributed by atoms with Crippen molar-refractivity contribution >= 4 is 17.3 Å². The van der Waals surface area contributed by atoms with Gasteiger partial charge in [0.2, 0.25) is 5.91 Å². The molecule has 0 aromatic heterocycles. The predicted molar refractivity (Wildman–Crippen MR) is 82.2 cm³/mol. The van der Waals surface area contributed by atoms with Crippen LogP contribution in [-0.4, -0.2) is 5.91 Å². The molecule has 0 radical (unpaired) electrons. The molecule has 0 heterocycles. The van der Waals surface area contributed by atoms with Gasteiger partial charge < -0.3 is 11.1 Å². The first kappa shape index (κ1) is 15.5. The maximum absolute atomic E-state index is 11.8. The van der Waals surface area contributed by atoms with Gasteiger partial charge in [0.15, 0.2) is 0 Å². The SMILES string of the molecule is CCCCCCCCC(=O)Nc1ccc(N)c(C)c1. The minimum absolute atomic E-state index is 0.0969. The van der Waals surface area contributed by atoms with Gasteiger partial charge in [0, 0.05) is 17.8 Å². The van der Waals surface area contributed by atoms with E-state index >= 15 is 0 Å². The largest absolute Gasteiger partial charge is 0.399 e. The molecular weight excluding hydrogens is 236 g/mol. The van der Waals surface area contributed by atoms with Crippen molar-refractivity contribution in [3.05, 3.63) is 23.8 Å². The Labute approximate surface area is 116 Å². The average molecular weight is 262 g/mol. The molecule has 3 heteroatoms. The van der Waals surface area contributed by atoms with Crippen molar-refractivity contribution < 1.29 is 4.79 Å². The number of anilines is 2. The fourth-order valence-corrected chi connectivity index (χ4v) is 2.04. The van der Waals surface area contributed by atoms with Crippen molar-refractivity contribution in [2.75, 3.05) is 11.1 Å². The standard InChI is InChI=1S/C16H26N2O/c1-3-4-5-6-7-8-9-16(19)18-14-10-11-15(17)13(2)12-14/h10-12H,3-9,17H2,1-2H3,(H,18,19). The Morgan fingerprint density at radius 3 is 2.53 bits per heavy atom. The smallest absolute Gasteiger partial charge is 0.224 e. The fraction of sp³-hybridized carbons (Fsp3) is 0.562. The lowest BCUT2D eigenvalue weighted by Crippen LogP contribution is -2.11. The summed E-state index contributed by atoms with van der Waals surface area (Å²) >= 11 is 0. The second-order valence-corrected chi connectivity index (χ2v) is 5.14. The average Bonchev–Trinajstić information content (AvgIpc) is 2.38. The lowest BCUT2D eigenvalue weighted by molar-refractivity contribution is -0.116. The first-order chi connectivity index (χ1) is 9.13. The summed E-state index contributed by atoms with van der Waals surface area (Å²) in [6.45, 7) is 4.15. The molecule has 1 amide bonds. The van der Waals surface area contributed by atoms with Crippen molar-refractivity contribution in [3.63, 3.8) is 0 Å². The number of amides is 1. The van der Waals surface area contributed by atoms with E-state index in [0.717, 1.165) is 29.8 Å². The molecule has 0 aliphatic heterocycles. The number of nitrogens with two attached hydrogens (primary N) is 1. The second kappa shape index (κ2) is 8.57. The van der Waals surface area contributed by atoms with Gasteiger partial charge in [0.1, 0.15) is 0 Å². The molecule has 0 bridgehead atoms. The number of hydrogen-bond acceptors (Lipinski definition) is 2. The van der Waals surface area contributed by atoms with Gasteiger partial charge in [-0.15, -0.1) is 0 Å². The molecular formula is C16H26N2O. The molecule has 1 rings (SSSR count). The summed E-state index contributed by atoms with van der Waals surface area (Å²) in [5.74, 6) is 0.0969. The molecule has 0 saturated carbocycles. The van der Waals surface area contributed by atoms with Crippen LogP contribution in [-0.2, 0) is 4.79 Å². The Bertz CT molecular complexity index is 402. The van der Waals surface area contributed by atoms with E-state index in [4.69, 9.17) is 5.73 Å². The molecule has 1 aromatic carbocycles. The highest BCUT2D eigenvalue weighted by Gasteiger charge is 2.03. The van der Waals surface area contributed by atoms with Crippen molar-refractivity contribution in [1.29, 1.82) is 0 Å². The first-order valence-electron chi connectivity index (χ1n) is 7.29. The molecule has 0 aliphatic carbocycles. The topological polar surface area (TPSA) is 55.1 Å². The summed E-state index contributed by atoms with van der Waals surface area (Å²) in [5.41, 5.74) is 8.34. The number of carbonyl (C=O) groups is 1. The fourth-order valence-electron chi connectivity index (χ4n) is 2.04. The Hall–Kier alpha value is -1.51. The second-order valence-electron chi connectivity index (χ2n) is 5.14. The number of rotatable bonds is 8. The van der Waals surface area contributed by atoms with Crippen molar-refractivity contribution in [2.24, 2.45) is 0 Å². The van der Waals surface area contributed by atoms with Gasteiger partial charge in [-0.3, -0.25) is 4.79 Å². The molecule has 0 atom stereocenters. The Morgan fingerprint density at radius 1 is 1.16 bits per heavy atom. The van der Waals surface area contributed by atoms with E-state index in [1.165, 1.54) is 25.7 Å². The lowest BCUT2D eigenvalue weighted by atomic mass is 10.1. The van der Waals surface area contributed by atoms with Crippen LogP contribution in [0, 0.1) is 6.92 Å². The van der Waals surface area contributed by atoms with Crippen molar-refractivity contribution in [2.45, 2.75) is 58.8 Å². The molecule has 1 aromatic rings. The highest BCUT2D eigenvalue weighted by Crippen LogP contribution is 2.17. The summed E-state index contributed by atoms with van der Waals surface area (Å²) in [6, 6.07) is 5.59. The normalized spacial score (nSPS) is 10.4. The number of nitrogens with one attached hydrogen (secondary N) is 1. The van der Waals surface area contributed by atoms with Crippen LogP contribution in [0.3, 0.4) is 0 Å². The number of benzene rings is 1. The van der Waals surface area contributed by atoms with Gasteiger partial charge >= 0.3 is 0 Å². The summed E-state index contributed by atoms with van der Waals surface area (Å²) in [6.07, 6.45) is 7.82. The number of hydrogen-bond donors (Lipinski definition) is 2. The molecule has 0 aliphatic rings. The van der Waals surface area contributed by atoms with Crippen LogP contribution in [0.1, 0.15) is 57.4 Å². The van der Waals surface area contributed by atoms with E-state index in [1.54, 1.807) is 0 Å². The minimum Gasteiger partial charge on any atom is -0.399 e. The van der Waals surface area contributed by atoms with Crippen LogP contribution < -0.4 is 11.1 Å². The van der Waals surface area contributed by atoms with E-state index in [1.807, 2.05) is 25.1 Å². The van der Waals surface area contributed by atoms with Crippen LogP contribution in [0.2, 0.25) is 0 Å². The zero-order chi connectivity index (χ0) is 14.1. The van der Waals surface area contributed by atoms with Gasteiger partial charge in [-0.25, -0.2) is 0 Å². The molecule has 3 nitrogen and oxygen atoms in total. The van der Waals surface area contributed by atoms with Gasteiger partial charge in [-0.2, -0.15) is 0 Å². The highest BCUT2D eigenvalue weighted by atomic mass is 16.1. The van der Waals surface area contributed by atoms with Crippen LogP contribution in [0.4, 0.5) is 11.4 Å². The van der Waals surface area contributed by atoms with Crippen LogP contribution in [0.25, 0.3) is 0 Å². The zero-order valence-electron chi connectivity index (χ0n) is 12.2. The molecule has 0 saturated heterocycles. The highest BCUT2D eigenvalue weighted by molar-refractivity contribution is 5.91. The quantitative estimate of drug-likeness (QED) is 0.543. The van der Waals surface area contributed by atoms with Gasteiger partial charge in [-0.05, 0) is 37.1 Å². The monoisotopic (exact) mass is 262 g/mol. The minimum atomic E-state index is 0.0969. The third-order valence-electron chi connectivity index (χ3n) is 3.31. The first-order valence-corrected chi connectivity index (χ1v) is 7.29. The Kier molecular flexibility index (Phi) is 7.01. The van der Waals surface area contributed by atoms with Crippen LogP contribution in [0.5, 0.6) is 0 Å². The maximum atomic E-state index is 11.8. The number of nitrogen functional groups attached to an aromatic ring is 1. The zero-order valence-corrected chi connectivity index (χ0v) is 12.2. The van der Waals surface area contributed by atoms with Crippen molar-refractivity contribution in [1.82, 2.24) is 0 Å². The van der Waals surface area contributed by atoms with Gasteiger partial charge in [0.05, 0.1) is 0 Å². The Balaban J connectivity index is 2.21. The van der Waals surface area contributed by atoms with Gasteiger partial charge in [-0.1, -0.05) is 39.0 Å². The number of carbonyl (C=O) groups excluding carboxylic acids is 1. The van der Waals surface area contributed by atoms with E-state index < -0.39 is 0 Å². The van der Waals surface area contributed by atoms with E-state index in [9.17, 15) is 4.79 Å².